The summed E-state index contributed by atoms with van der Waals surface area (Å²) < 4.78 is 1.78. The molecule has 1 N–H and O–H groups in total. The van der Waals surface area contributed by atoms with E-state index in [1.165, 1.54) is 12.1 Å². The van der Waals surface area contributed by atoms with Crippen LogP contribution in [-0.4, -0.2) is 14.7 Å². The van der Waals surface area contributed by atoms with E-state index in [-0.39, 0.29) is 11.3 Å². The normalized spacial score (nSPS) is 10.0. The van der Waals surface area contributed by atoms with Crippen LogP contribution in [0.4, 0.5) is 11.4 Å². The molecule has 0 amide bonds. The Hall–Kier alpha value is -2.88. The highest BCUT2D eigenvalue weighted by Gasteiger charge is 2.14. The first-order valence-electron chi connectivity index (χ1n) is 6.08. The SMILES string of the molecule is CCn1ccc(CNc2ccc(C#N)cc2[N+](=O)[O-])n1. The Balaban J connectivity index is 2.16. The maximum absolute atomic E-state index is 11.0. The van der Waals surface area contributed by atoms with Crippen LogP contribution in [0.3, 0.4) is 0 Å². The van der Waals surface area contributed by atoms with Crippen LogP contribution in [0.5, 0.6) is 0 Å². The Bertz CT molecular complexity index is 672. The van der Waals surface area contributed by atoms with E-state index in [0.717, 1.165) is 12.2 Å². The van der Waals surface area contributed by atoms with Gasteiger partial charge in [-0.25, -0.2) is 0 Å². The van der Waals surface area contributed by atoms with Crippen molar-refractivity contribution in [1.82, 2.24) is 9.78 Å². The third-order valence-corrected chi connectivity index (χ3v) is 2.80. The molecule has 2 aromatic rings. The maximum atomic E-state index is 11.0. The smallest absolute Gasteiger partial charge is 0.293 e. The van der Waals surface area contributed by atoms with Crippen molar-refractivity contribution in [1.29, 1.82) is 5.26 Å². The van der Waals surface area contributed by atoms with Gasteiger partial charge in [0.1, 0.15) is 5.69 Å². The maximum Gasteiger partial charge on any atom is 0.293 e. The molecule has 0 unspecified atom stereocenters. The number of benzene rings is 1. The lowest BCUT2D eigenvalue weighted by Gasteiger charge is -2.05. The van der Waals surface area contributed by atoms with Crippen LogP contribution in [0.25, 0.3) is 0 Å². The highest BCUT2D eigenvalue weighted by molar-refractivity contribution is 5.64. The minimum atomic E-state index is -0.506. The van der Waals surface area contributed by atoms with Gasteiger partial charge in [0.15, 0.2) is 0 Å². The second-order valence-corrected chi connectivity index (χ2v) is 4.12. The van der Waals surface area contributed by atoms with Crippen molar-refractivity contribution in [3.63, 3.8) is 0 Å². The molecule has 1 heterocycles. The number of aromatic nitrogens is 2. The molecule has 0 aliphatic heterocycles. The minimum absolute atomic E-state index is 0.112. The van der Waals surface area contributed by atoms with Crippen LogP contribution >= 0.6 is 0 Å². The summed E-state index contributed by atoms with van der Waals surface area (Å²) in [5.74, 6) is 0. The largest absolute Gasteiger partial charge is 0.374 e. The zero-order valence-electron chi connectivity index (χ0n) is 10.9. The number of hydrogen-bond donors (Lipinski definition) is 1. The van der Waals surface area contributed by atoms with Crippen LogP contribution in [0.2, 0.25) is 0 Å². The quantitative estimate of drug-likeness (QED) is 0.664. The molecule has 102 valence electrons. The number of nitro benzene ring substituents is 1. The van der Waals surface area contributed by atoms with Crippen LogP contribution in [-0.2, 0) is 13.1 Å². The number of nitriles is 1. The second kappa shape index (κ2) is 5.84. The highest BCUT2D eigenvalue weighted by Crippen LogP contribution is 2.25. The van der Waals surface area contributed by atoms with Crippen molar-refractivity contribution in [2.45, 2.75) is 20.0 Å². The van der Waals surface area contributed by atoms with Crippen molar-refractivity contribution in [2.75, 3.05) is 5.32 Å². The summed E-state index contributed by atoms with van der Waals surface area (Å²) in [7, 11) is 0. The van der Waals surface area contributed by atoms with E-state index in [9.17, 15) is 10.1 Å². The lowest BCUT2D eigenvalue weighted by Crippen LogP contribution is -2.04. The summed E-state index contributed by atoms with van der Waals surface area (Å²) >= 11 is 0. The summed E-state index contributed by atoms with van der Waals surface area (Å²) in [4.78, 5) is 10.5. The summed E-state index contributed by atoms with van der Waals surface area (Å²) in [5, 5.41) is 27.0. The topological polar surface area (TPSA) is 96.8 Å². The first-order chi connectivity index (χ1) is 9.63. The minimum Gasteiger partial charge on any atom is -0.374 e. The summed E-state index contributed by atoms with van der Waals surface area (Å²) in [6.07, 6.45) is 1.85. The highest BCUT2D eigenvalue weighted by atomic mass is 16.6. The fourth-order valence-electron chi connectivity index (χ4n) is 1.76. The Labute approximate surface area is 115 Å². The van der Waals surface area contributed by atoms with E-state index in [0.29, 0.717) is 12.2 Å². The molecule has 0 saturated heterocycles. The van der Waals surface area contributed by atoms with E-state index in [1.54, 1.807) is 10.7 Å². The molecule has 20 heavy (non-hydrogen) atoms. The molecule has 0 saturated carbocycles. The molecular weight excluding hydrogens is 258 g/mol. The van der Waals surface area contributed by atoms with Gasteiger partial charge in [0.25, 0.3) is 5.69 Å². The fraction of sp³-hybridized carbons (Fsp3) is 0.231. The molecule has 0 aliphatic rings. The number of aryl methyl sites for hydroxylation is 1. The molecular formula is C13H13N5O2. The summed E-state index contributed by atoms with van der Waals surface area (Å²) in [6, 6.07) is 8.07. The molecule has 0 fully saturated rings. The van der Waals surface area contributed by atoms with Gasteiger partial charge in [-0.2, -0.15) is 10.4 Å². The van der Waals surface area contributed by atoms with Gasteiger partial charge in [0, 0.05) is 18.8 Å². The molecule has 1 aromatic carbocycles. The molecule has 0 atom stereocenters. The lowest BCUT2D eigenvalue weighted by atomic mass is 10.2. The van der Waals surface area contributed by atoms with Crippen LogP contribution < -0.4 is 5.32 Å². The number of hydrogen-bond acceptors (Lipinski definition) is 5. The van der Waals surface area contributed by atoms with Crippen molar-refractivity contribution in [2.24, 2.45) is 0 Å². The number of nitro groups is 1. The average molecular weight is 271 g/mol. The lowest BCUT2D eigenvalue weighted by molar-refractivity contribution is -0.384. The standard InChI is InChI=1S/C13H13N5O2/c1-2-17-6-5-11(16-17)9-15-12-4-3-10(8-14)7-13(12)18(19)20/h3-7,15H,2,9H2,1H3. The van der Waals surface area contributed by atoms with Gasteiger partial charge >= 0.3 is 0 Å². The van der Waals surface area contributed by atoms with Crippen molar-refractivity contribution >= 4 is 11.4 Å². The van der Waals surface area contributed by atoms with Gasteiger partial charge in [0.2, 0.25) is 0 Å². The molecule has 0 radical (unpaired) electrons. The van der Waals surface area contributed by atoms with E-state index >= 15 is 0 Å². The van der Waals surface area contributed by atoms with Crippen LogP contribution in [0, 0.1) is 21.4 Å². The monoisotopic (exact) mass is 271 g/mol. The zero-order valence-corrected chi connectivity index (χ0v) is 10.9. The third kappa shape index (κ3) is 2.92. The fourth-order valence-corrected chi connectivity index (χ4v) is 1.76. The van der Waals surface area contributed by atoms with Gasteiger partial charge in [-0.15, -0.1) is 0 Å². The van der Waals surface area contributed by atoms with Crippen LogP contribution in [0.15, 0.2) is 30.5 Å². The first kappa shape index (κ1) is 13.5. The molecule has 7 nitrogen and oxygen atoms in total. The summed E-state index contributed by atoms with van der Waals surface area (Å²) in [6.45, 7) is 3.15. The summed E-state index contributed by atoms with van der Waals surface area (Å²) in [5.41, 5.74) is 1.32. The van der Waals surface area contributed by atoms with Crippen molar-refractivity contribution < 1.29 is 4.92 Å². The average Bonchev–Trinajstić information content (AvgIpc) is 2.92. The molecule has 0 aliphatic carbocycles. The second-order valence-electron chi connectivity index (χ2n) is 4.12. The van der Waals surface area contributed by atoms with Gasteiger partial charge in [-0.3, -0.25) is 14.8 Å². The zero-order chi connectivity index (χ0) is 14.5. The van der Waals surface area contributed by atoms with Crippen LogP contribution in [0.1, 0.15) is 18.2 Å². The Morgan fingerprint density at radius 3 is 2.90 bits per heavy atom. The molecule has 7 heteroatoms. The Morgan fingerprint density at radius 1 is 1.50 bits per heavy atom. The molecule has 1 aromatic heterocycles. The van der Waals surface area contributed by atoms with Gasteiger partial charge in [-0.05, 0) is 25.1 Å². The first-order valence-corrected chi connectivity index (χ1v) is 6.08. The molecule has 0 bridgehead atoms. The number of rotatable bonds is 5. The number of nitrogens with zero attached hydrogens (tertiary/aromatic N) is 4. The Morgan fingerprint density at radius 2 is 2.30 bits per heavy atom. The molecule has 2 rings (SSSR count). The van der Waals surface area contributed by atoms with E-state index < -0.39 is 4.92 Å². The van der Waals surface area contributed by atoms with E-state index in [2.05, 4.69) is 10.4 Å². The predicted molar refractivity (Wildman–Crippen MR) is 73.0 cm³/mol. The van der Waals surface area contributed by atoms with E-state index in [4.69, 9.17) is 5.26 Å². The Kier molecular flexibility index (Phi) is 3.96. The van der Waals surface area contributed by atoms with Crippen molar-refractivity contribution in [3.8, 4) is 6.07 Å². The van der Waals surface area contributed by atoms with Gasteiger partial charge < -0.3 is 5.32 Å². The number of anilines is 1. The van der Waals surface area contributed by atoms with Gasteiger partial charge in [0.05, 0.1) is 28.8 Å². The van der Waals surface area contributed by atoms with Crippen molar-refractivity contribution in [3.05, 3.63) is 51.8 Å². The molecule has 0 spiro atoms. The number of nitrogens with one attached hydrogen (secondary N) is 1. The predicted octanol–water partition coefficient (Wildman–Crippen LogP) is 2.29. The van der Waals surface area contributed by atoms with Gasteiger partial charge in [-0.1, -0.05) is 0 Å². The third-order valence-electron chi connectivity index (χ3n) is 2.80. The van der Waals surface area contributed by atoms with E-state index in [1.807, 2.05) is 25.3 Å².